The molecule has 1 aliphatic carbocycles. The Morgan fingerprint density at radius 3 is 2.05 bits per heavy atom. The molecule has 1 rings (SSSR count). The first-order chi connectivity index (χ1) is 8.72. The Balaban J connectivity index is 2.66. The minimum Gasteiger partial charge on any atom is -0.414 e. The summed E-state index contributed by atoms with van der Waals surface area (Å²) in [4.78, 5) is 0. The van der Waals surface area contributed by atoms with Gasteiger partial charge in [0.1, 0.15) is 0 Å². The number of rotatable bonds is 5. The molecule has 0 aromatic rings. The van der Waals surface area contributed by atoms with Crippen molar-refractivity contribution in [2.75, 3.05) is 6.61 Å². The fourth-order valence-corrected chi connectivity index (χ4v) is 4.00. The summed E-state index contributed by atoms with van der Waals surface area (Å²) in [5.74, 6) is 0.146. The monoisotopic (exact) mass is 302 g/mol. The Morgan fingerprint density at radius 1 is 1.25 bits per heavy atom. The molecular formula is C16H34O3Si. The molecule has 0 bridgehead atoms. The van der Waals surface area contributed by atoms with Crippen LogP contribution in [-0.4, -0.2) is 36.8 Å². The lowest BCUT2D eigenvalue weighted by Gasteiger charge is -2.55. The van der Waals surface area contributed by atoms with Crippen LogP contribution in [0.4, 0.5) is 0 Å². The average Bonchev–Trinajstić information content (AvgIpc) is 2.19. The molecule has 0 amide bonds. The maximum absolute atomic E-state index is 10.6. The Kier molecular flexibility index (Phi) is 4.88. The van der Waals surface area contributed by atoms with Crippen molar-refractivity contribution in [3.05, 3.63) is 0 Å². The minimum atomic E-state index is -1.83. The predicted molar refractivity (Wildman–Crippen MR) is 86.3 cm³/mol. The maximum atomic E-state index is 10.6. The molecule has 2 N–H and O–H groups in total. The van der Waals surface area contributed by atoms with Crippen molar-refractivity contribution < 1.29 is 14.6 Å². The lowest BCUT2D eigenvalue weighted by Crippen LogP contribution is -2.57. The SMILES string of the molecule is CC(C)(O)[C@@H]1CC[C@]1(C)[C@H](O)CO[Si](C)(C)C(C)(C)C. The van der Waals surface area contributed by atoms with E-state index in [-0.39, 0.29) is 16.4 Å². The van der Waals surface area contributed by atoms with E-state index < -0.39 is 20.0 Å². The third-order valence-electron chi connectivity index (χ3n) is 5.79. The Bertz CT molecular complexity index is 341. The predicted octanol–water partition coefficient (Wildman–Crippen LogP) is 3.56. The summed E-state index contributed by atoms with van der Waals surface area (Å²) in [6.07, 6.45) is 1.45. The summed E-state index contributed by atoms with van der Waals surface area (Å²) in [7, 11) is -1.83. The van der Waals surface area contributed by atoms with Crippen LogP contribution in [0.15, 0.2) is 0 Å². The fourth-order valence-electron chi connectivity index (χ4n) is 3.00. The van der Waals surface area contributed by atoms with Crippen LogP contribution in [0, 0.1) is 11.3 Å². The van der Waals surface area contributed by atoms with Crippen LogP contribution < -0.4 is 0 Å². The molecule has 1 aliphatic rings. The average molecular weight is 303 g/mol. The van der Waals surface area contributed by atoms with E-state index in [4.69, 9.17) is 4.43 Å². The van der Waals surface area contributed by atoms with Gasteiger partial charge in [-0.05, 0) is 50.7 Å². The number of aliphatic hydroxyl groups excluding tert-OH is 1. The molecule has 20 heavy (non-hydrogen) atoms. The first-order valence-corrected chi connectivity index (χ1v) is 10.7. The lowest BCUT2D eigenvalue weighted by molar-refractivity contribution is -0.163. The van der Waals surface area contributed by atoms with Crippen molar-refractivity contribution >= 4 is 8.32 Å². The highest BCUT2D eigenvalue weighted by atomic mass is 28.4. The molecule has 0 spiro atoms. The van der Waals surface area contributed by atoms with Crippen LogP contribution in [0.1, 0.15) is 54.4 Å². The van der Waals surface area contributed by atoms with E-state index >= 15 is 0 Å². The van der Waals surface area contributed by atoms with Gasteiger partial charge in [0.15, 0.2) is 8.32 Å². The molecule has 0 aliphatic heterocycles. The molecule has 3 atom stereocenters. The van der Waals surface area contributed by atoms with Gasteiger partial charge in [0.2, 0.25) is 0 Å². The van der Waals surface area contributed by atoms with Gasteiger partial charge in [0.05, 0.1) is 18.3 Å². The normalized spacial score (nSPS) is 30.0. The largest absolute Gasteiger partial charge is 0.414 e. The molecular weight excluding hydrogens is 268 g/mol. The topological polar surface area (TPSA) is 49.7 Å². The zero-order valence-corrected chi connectivity index (χ0v) is 15.6. The van der Waals surface area contributed by atoms with Crippen molar-refractivity contribution in [3.8, 4) is 0 Å². The van der Waals surface area contributed by atoms with Gasteiger partial charge in [0.25, 0.3) is 0 Å². The van der Waals surface area contributed by atoms with Crippen LogP contribution in [0.5, 0.6) is 0 Å². The van der Waals surface area contributed by atoms with Gasteiger partial charge in [-0.15, -0.1) is 0 Å². The molecule has 120 valence electrons. The van der Waals surface area contributed by atoms with Gasteiger partial charge in [-0.2, -0.15) is 0 Å². The first kappa shape index (κ1) is 18.1. The second-order valence-electron chi connectivity index (χ2n) is 8.84. The van der Waals surface area contributed by atoms with E-state index in [1.807, 2.05) is 13.8 Å². The van der Waals surface area contributed by atoms with Crippen molar-refractivity contribution in [3.63, 3.8) is 0 Å². The van der Waals surface area contributed by atoms with Gasteiger partial charge in [-0.25, -0.2) is 0 Å². The van der Waals surface area contributed by atoms with Gasteiger partial charge >= 0.3 is 0 Å². The molecule has 0 aromatic carbocycles. The summed E-state index contributed by atoms with van der Waals surface area (Å²) >= 11 is 0. The summed E-state index contributed by atoms with van der Waals surface area (Å²) in [5, 5.41) is 21.0. The summed E-state index contributed by atoms with van der Waals surface area (Å²) < 4.78 is 6.15. The van der Waals surface area contributed by atoms with E-state index in [1.165, 1.54) is 0 Å². The van der Waals surface area contributed by atoms with Gasteiger partial charge in [-0.1, -0.05) is 27.7 Å². The van der Waals surface area contributed by atoms with Gasteiger partial charge < -0.3 is 14.6 Å². The highest BCUT2D eigenvalue weighted by molar-refractivity contribution is 6.74. The van der Waals surface area contributed by atoms with Crippen molar-refractivity contribution in [1.29, 1.82) is 0 Å². The van der Waals surface area contributed by atoms with Crippen LogP contribution >= 0.6 is 0 Å². The van der Waals surface area contributed by atoms with E-state index in [9.17, 15) is 10.2 Å². The molecule has 1 saturated carbocycles. The summed E-state index contributed by atoms with van der Waals surface area (Å²) in [5.41, 5.74) is -0.953. The third-order valence-corrected chi connectivity index (χ3v) is 10.3. The zero-order valence-electron chi connectivity index (χ0n) is 14.6. The van der Waals surface area contributed by atoms with E-state index in [0.29, 0.717) is 6.61 Å². The Morgan fingerprint density at radius 2 is 1.75 bits per heavy atom. The van der Waals surface area contributed by atoms with E-state index in [0.717, 1.165) is 12.8 Å². The second kappa shape index (κ2) is 5.38. The quantitative estimate of drug-likeness (QED) is 0.764. The standard InChI is InChI=1S/C16H34O3Si/c1-14(2,3)20(7,8)19-11-13(17)16(6)10-9-12(16)15(4,5)18/h12-13,17-18H,9-11H2,1-8H3/t12-,13+,16-/m0/s1. The highest BCUT2D eigenvalue weighted by Gasteiger charge is 2.54. The molecule has 0 aromatic heterocycles. The van der Waals surface area contributed by atoms with Crippen LogP contribution in [-0.2, 0) is 4.43 Å². The van der Waals surface area contributed by atoms with Crippen molar-refractivity contribution in [2.45, 2.75) is 84.2 Å². The summed E-state index contributed by atoms with van der Waals surface area (Å²) in [6, 6.07) is 0. The van der Waals surface area contributed by atoms with Gasteiger partial charge in [-0.3, -0.25) is 0 Å². The number of aliphatic hydroxyl groups is 2. The third kappa shape index (κ3) is 3.46. The molecule has 0 saturated heterocycles. The fraction of sp³-hybridized carbons (Fsp3) is 1.00. The van der Waals surface area contributed by atoms with E-state index in [1.54, 1.807) is 0 Å². The molecule has 1 fully saturated rings. The molecule has 0 radical (unpaired) electrons. The maximum Gasteiger partial charge on any atom is 0.192 e. The number of hydrogen-bond acceptors (Lipinski definition) is 3. The lowest BCUT2D eigenvalue weighted by atomic mass is 9.53. The molecule has 0 heterocycles. The minimum absolute atomic E-state index is 0.146. The molecule has 0 unspecified atom stereocenters. The second-order valence-corrected chi connectivity index (χ2v) is 13.6. The Labute approximate surface area is 125 Å². The van der Waals surface area contributed by atoms with Crippen LogP contribution in [0.25, 0.3) is 0 Å². The van der Waals surface area contributed by atoms with Crippen LogP contribution in [0.2, 0.25) is 18.1 Å². The number of hydrogen-bond donors (Lipinski definition) is 2. The van der Waals surface area contributed by atoms with Gasteiger partial charge in [0, 0.05) is 5.41 Å². The zero-order chi connectivity index (χ0) is 16.0. The molecule has 3 nitrogen and oxygen atoms in total. The van der Waals surface area contributed by atoms with Crippen molar-refractivity contribution in [1.82, 2.24) is 0 Å². The Hall–Kier alpha value is 0.0969. The highest BCUT2D eigenvalue weighted by Crippen LogP contribution is 2.54. The molecule has 4 heteroatoms. The smallest absolute Gasteiger partial charge is 0.192 e. The first-order valence-electron chi connectivity index (χ1n) is 7.76. The summed E-state index contributed by atoms with van der Waals surface area (Å²) in [6.45, 7) is 17.2. The van der Waals surface area contributed by atoms with Crippen molar-refractivity contribution in [2.24, 2.45) is 11.3 Å². The van der Waals surface area contributed by atoms with Crippen LogP contribution in [0.3, 0.4) is 0 Å². The van der Waals surface area contributed by atoms with E-state index in [2.05, 4.69) is 40.8 Å².